The first kappa shape index (κ1) is 14.4. The zero-order valence-corrected chi connectivity index (χ0v) is 12.8. The molecule has 0 atom stereocenters. The summed E-state index contributed by atoms with van der Waals surface area (Å²) in [6.45, 7) is 1.12. The van der Waals surface area contributed by atoms with E-state index in [2.05, 4.69) is 15.5 Å². The van der Waals surface area contributed by atoms with E-state index in [1.165, 1.54) is 4.57 Å². The summed E-state index contributed by atoms with van der Waals surface area (Å²) in [4.78, 5) is 26.0. The minimum Gasteiger partial charge on any atom is -0.408 e. The molecule has 122 valence electrons. The Morgan fingerprint density at radius 3 is 2.88 bits per heavy atom. The van der Waals surface area contributed by atoms with Gasteiger partial charge in [-0.05, 0) is 24.3 Å². The molecule has 1 amide bonds. The monoisotopic (exact) mass is 325 g/mol. The number of likely N-dealkylation sites (tertiary alicyclic amines) is 1. The van der Waals surface area contributed by atoms with E-state index < -0.39 is 5.76 Å². The van der Waals surface area contributed by atoms with Crippen molar-refractivity contribution in [1.82, 2.24) is 19.7 Å². The van der Waals surface area contributed by atoms with E-state index >= 15 is 0 Å². The molecule has 1 saturated heterocycles. The second-order valence-electron chi connectivity index (χ2n) is 5.67. The molecule has 3 aromatic rings. The van der Waals surface area contributed by atoms with E-state index in [-0.39, 0.29) is 18.5 Å². The lowest BCUT2D eigenvalue weighted by Crippen LogP contribution is -2.58. The van der Waals surface area contributed by atoms with Crippen molar-refractivity contribution >= 4 is 22.8 Å². The number of aromatic nitrogens is 3. The highest BCUT2D eigenvalue weighted by atomic mass is 16.4. The van der Waals surface area contributed by atoms with Gasteiger partial charge in [0.15, 0.2) is 5.58 Å². The van der Waals surface area contributed by atoms with Gasteiger partial charge in [0.2, 0.25) is 5.91 Å². The molecule has 0 bridgehead atoms. The first-order valence-electron chi connectivity index (χ1n) is 7.61. The largest absolute Gasteiger partial charge is 0.420 e. The molecule has 0 radical (unpaired) electrons. The summed E-state index contributed by atoms with van der Waals surface area (Å²) >= 11 is 0. The quantitative estimate of drug-likeness (QED) is 0.759. The molecule has 1 N–H and O–H groups in total. The van der Waals surface area contributed by atoms with Crippen molar-refractivity contribution in [1.29, 1.82) is 0 Å². The lowest BCUT2D eigenvalue weighted by Gasteiger charge is -2.39. The van der Waals surface area contributed by atoms with Gasteiger partial charge in [0.25, 0.3) is 0 Å². The molecule has 1 aliphatic heterocycles. The second kappa shape index (κ2) is 5.80. The molecule has 8 nitrogen and oxygen atoms in total. The molecule has 1 aromatic carbocycles. The fourth-order valence-electron chi connectivity index (χ4n) is 2.76. The van der Waals surface area contributed by atoms with Crippen LogP contribution in [0.2, 0.25) is 0 Å². The van der Waals surface area contributed by atoms with Crippen molar-refractivity contribution in [2.45, 2.75) is 12.6 Å². The fourth-order valence-corrected chi connectivity index (χ4v) is 2.76. The van der Waals surface area contributed by atoms with E-state index in [9.17, 15) is 9.59 Å². The predicted octanol–water partition coefficient (Wildman–Crippen LogP) is 0.707. The summed E-state index contributed by atoms with van der Waals surface area (Å²) in [6.07, 6.45) is 1.61. The van der Waals surface area contributed by atoms with Crippen LogP contribution in [0.3, 0.4) is 0 Å². The van der Waals surface area contributed by atoms with Gasteiger partial charge < -0.3 is 14.6 Å². The highest BCUT2D eigenvalue weighted by Gasteiger charge is 2.31. The number of carbonyl (C=O) groups is 1. The molecule has 24 heavy (non-hydrogen) atoms. The van der Waals surface area contributed by atoms with Crippen molar-refractivity contribution in [3.63, 3.8) is 0 Å². The minimum absolute atomic E-state index is 0.0201. The van der Waals surface area contributed by atoms with Gasteiger partial charge in [0.1, 0.15) is 12.4 Å². The van der Waals surface area contributed by atoms with Crippen LogP contribution in [-0.4, -0.2) is 44.7 Å². The minimum atomic E-state index is -0.515. The van der Waals surface area contributed by atoms with Gasteiger partial charge in [-0.1, -0.05) is 12.1 Å². The molecule has 0 unspecified atom stereocenters. The Balaban J connectivity index is 1.39. The zero-order chi connectivity index (χ0) is 16.5. The Kier molecular flexibility index (Phi) is 3.49. The van der Waals surface area contributed by atoms with Gasteiger partial charge in [0, 0.05) is 19.3 Å². The van der Waals surface area contributed by atoms with Gasteiger partial charge in [-0.25, -0.2) is 4.79 Å². The van der Waals surface area contributed by atoms with E-state index in [1.807, 2.05) is 12.1 Å². The maximum atomic E-state index is 12.4. The molecule has 2 aromatic heterocycles. The molecular weight excluding hydrogens is 310 g/mol. The van der Waals surface area contributed by atoms with Crippen LogP contribution < -0.4 is 11.1 Å². The van der Waals surface area contributed by atoms with Crippen LogP contribution in [0.4, 0.5) is 5.82 Å². The number of fused-ring (bicyclic) bond motifs is 1. The third kappa shape index (κ3) is 2.62. The lowest BCUT2D eigenvalue weighted by molar-refractivity contribution is -0.135. The van der Waals surface area contributed by atoms with Crippen LogP contribution in [0.15, 0.2) is 51.8 Å². The summed E-state index contributed by atoms with van der Waals surface area (Å²) in [5.74, 6) is 0.0619. The lowest BCUT2D eigenvalue weighted by atomic mass is 10.1. The van der Waals surface area contributed by atoms with Crippen molar-refractivity contribution in [3.05, 3.63) is 53.1 Å². The van der Waals surface area contributed by atoms with E-state index in [4.69, 9.17) is 4.42 Å². The van der Waals surface area contributed by atoms with E-state index in [0.29, 0.717) is 30.0 Å². The molecule has 4 rings (SSSR count). The number of rotatable bonds is 4. The van der Waals surface area contributed by atoms with E-state index in [0.717, 1.165) is 0 Å². The average molecular weight is 325 g/mol. The maximum absolute atomic E-state index is 12.4. The highest BCUT2D eigenvalue weighted by Crippen LogP contribution is 2.16. The molecule has 1 aliphatic rings. The Morgan fingerprint density at radius 2 is 2.08 bits per heavy atom. The zero-order valence-electron chi connectivity index (χ0n) is 12.8. The molecule has 0 spiro atoms. The van der Waals surface area contributed by atoms with Crippen molar-refractivity contribution in [2.75, 3.05) is 18.4 Å². The number of amides is 1. The summed E-state index contributed by atoms with van der Waals surface area (Å²) in [7, 11) is 0. The van der Waals surface area contributed by atoms with Crippen LogP contribution in [0.25, 0.3) is 11.1 Å². The first-order chi connectivity index (χ1) is 11.7. The first-order valence-corrected chi connectivity index (χ1v) is 7.61. The fraction of sp³-hybridized carbons (Fsp3) is 0.250. The van der Waals surface area contributed by atoms with Gasteiger partial charge in [-0.15, -0.1) is 5.10 Å². The second-order valence-corrected chi connectivity index (χ2v) is 5.67. The normalized spacial score (nSPS) is 14.6. The SMILES string of the molecule is O=C(Cn1c(=O)oc2ccccc21)N1CC(Nc2cccnn2)C1. The van der Waals surface area contributed by atoms with Gasteiger partial charge in [0.05, 0.1) is 11.6 Å². The number of para-hydroxylation sites is 2. The van der Waals surface area contributed by atoms with Crippen molar-refractivity contribution in [2.24, 2.45) is 0 Å². The number of anilines is 1. The van der Waals surface area contributed by atoms with Crippen molar-refractivity contribution < 1.29 is 9.21 Å². The predicted molar refractivity (Wildman–Crippen MR) is 86.5 cm³/mol. The smallest absolute Gasteiger partial charge is 0.408 e. The number of nitrogens with zero attached hydrogens (tertiary/aromatic N) is 4. The summed E-state index contributed by atoms with van der Waals surface area (Å²) in [6, 6.07) is 10.8. The Morgan fingerprint density at radius 1 is 1.25 bits per heavy atom. The van der Waals surface area contributed by atoms with Crippen LogP contribution in [0.5, 0.6) is 0 Å². The van der Waals surface area contributed by atoms with E-state index in [1.54, 1.807) is 35.4 Å². The number of carbonyl (C=O) groups excluding carboxylic acids is 1. The van der Waals surface area contributed by atoms with Gasteiger partial charge in [-0.3, -0.25) is 9.36 Å². The summed E-state index contributed by atoms with van der Waals surface area (Å²) in [5.41, 5.74) is 1.12. The number of oxazole rings is 1. The standard InChI is InChI=1S/C16H15N5O3/c22-15(10-21-12-4-1-2-5-13(12)24-16(21)23)20-8-11(9-20)18-14-6-3-7-17-19-14/h1-7,11H,8-10H2,(H,18,19). The van der Waals surface area contributed by atoms with Crippen LogP contribution in [-0.2, 0) is 11.3 Å². The molecular formula is C16H15N5O3. The van der Waals surface area contributed by atoms with Crippen molar-refractivity contribution in [3.8, 4) is 0 Å². The Labute approximate surface area is 136 Å². The molecule has 3 heterocycles. The summed E-state index contributed by atoms with van der Waals surface area (Å²) < 4.78 is 6.50. The Bertz CT molecular complexity index is 928. The number of hydrogen-bond acceptors (Lipinski definition) is 6. The maximum Gasteiger partial charge on any atom is 0.420 e. The van der Waals surface area contributed by atoms with Crippen LogP contribution in [0.1, 0.15) is 0 Å². The summed E-state index contributed by atoms with van der Waals surface area (Å²) in [5, 5.41) is 11.0. The van der Waals surface area contributed by atoms with Crippen LogP contribution in [0, 0.1) is 0 Å². The third-order valence-corrected chi connectivity index (χ3v) is 4.03. The molecule has 0 saturated carbocycles. The number of nitrogens with one attached hydrogen (secondary N) is 1. The number of hydrogen-bond donors (Lipinski definition) is 1. The van der Waals surface area contributed by atoms with Gasteiger partial charge in [-0.2, -0.15) is 5.10 Å². The van der Waals surface area contributed by atoms with Crippen LogP contribution >= 0.6 is 0 Å². The molecule has 8 heteroatoms. The average Bonchev–Trinajstić information content (AvgIpc) is 2.87. The third-order valence-electron chi connectivity index (χ3n) is 4.03. The topological polar surface area (TPSA) is 93.3 Å². The number of benzene rings is 1. The molecule has 1 fully saturated rings. The highest BCUT2D eigenvalue weighted by molar-refractivity contribution is 5.80. The van der Waals surface area contributed by atoms with Gasteiger partial charge >= 0.3 is 5.76 Å². The Hall–Kier alpha value is -3.16. The molecule has 0 aliphatic carbocycles.